The van der Waals surface area contributed by atoms with Crippen molar-refractivity contribution < 1.29 is 13.2 Å². The summed E-state index contributed by atoms with van der Waals surface area (Å²) in [4.78, 5) is 20.5. The Morgan fingerprint density at radius 3 is 2.50 bits per heavy atom. The summed E-state index contributed by atoms with van der Waals surface area (Å²) in [6.45, 7) is 2.58. The predicted octanol–water partition coefficient (Wildman–Crippen LogP) is 0.818. The Morgan fingerprint density at radius 2 is 1.95 bits per heavy atom. The fourth-order valence-corrected chi connectivity index (χ4v) is 4.80. The number of piperazine rings is 1. The molecule has 0 N–H and O–H groups in total. The zero-order valence-corrected chi connectivity index (χ0v) is 13.7. The quantitative estimate of drug-likeness (QED) is 0.795. The number of anilines is 1. The molecule has 2 saturated heterocycles. The van der Waals surface area contributed by atoms with Crippen molar-refractivity contribution in [2.45, 2.75) is 6.42 Å². The molecule has 0 spiro atoms. The minimum atomic E-state index is -3.02. The molecule has 0 aliphatic carbocycles. The van der Waals surface area contributed by atoms with Crippen LogP contribution in [0.4, 0.5) is 5.82 Å². The maximum atomic E-state index is 12.4. The molecule has 1 atom stereocenters. The number of carbonyl (C=O) groups excluding carboxylic acids is 1. The van der Waals surface area contributed by atoms with E-state index >= 15 is 0 Å². The molecule has 2 fully saturated rings. The first-order chi connectivity index (χ1) is 10.4. The Balaban J connectivity index is 1.57. The molecule has 2 aliphatic heterocycles. The van der Waals surface area contributed by atoms with E-state index in [0.717, 1.165) is 5.82 Å². The summed E-state index contributed by atoms with van der Waals surface area (Å²) < 4.78 is 23.0. The lowest BCUT2D eigenvalue weighted by Gasteiger charge is -2.36. The first kappa shape index (κ1) is 15.6. The van der Waals surface area contributed by atoms with Gasteiger partial charge in [-0.2, -0.15) is 0 Å². The second-order valence-corrected chi connectivity index (χ2v) is 8.41. The van der Waals surface area contributed by atoms with Crippen LogP contribution in [0.3, 0.4) is 0 Å². The average molecular weight is 344 g/mol. The Labute approximate surface area is 135 Å². The van der Waals surface area contributed by atoms with Gasteiger partial charge >= 0.3 is 0 Å². The van der Waals surface area contributed by atoms with Crippen LogP contribution in [-0.2, 0) is 14.6 Å². The van der Waals surface area contributed by atoms with E-state index in [1.807, 2.05) is 6.07 Å². The van der Waals surface area contributed by atoms with Crippen molar-refractivity contribution in [3.8, 4) is 0 Å². The number of hydrogen-bond donors (Lipinski definition) is 0. The Hall–Kier alpha value is -1.34. The third-order valence-corrected chi connectivity index (χ3v) is 6.20. The van der Waals surface area contributed by atoms with E-state index in [1.54, 1.807) is 17.2 Å². The number of amides is 1. The summed E-state index contributed by atoms with van der Waals surface area (Å²) in [5, 5.41) is 0.597. The van der Waals surface area contributed by atoms with E-state index in [2.05, 4.69) is 9.88 Å². The summed E-state index contributed by atoms with van der Waals surface area (Å²) in [5.41, 5.74) is 0. The van der Waals surface area contributed by atoms with E-state index in [0.29, 0.717) is 37.6 Å². The lowest BCUT2D eigenvalue weighted by molar-refractivity contribution is -0.135. The van der Waals surface area contributed by atoms with Crippen molar-refractivity contribution in [3.05, 3.63) is 23.4 Å². The van der Waals surface area contributed by atoms with Gasteiger partial charge in [-0.25, -0.2) is 13.4 Å². The van der Waals surface area contributed by atoms with Crippen molar-refractivity contribution >= 4 is 33.2 Å². The highest BCUT2D eigenvalue weighted by atomic mass is 35.5. The molecule has 0 bridgehead atoms. The van der Waals surface area contributed by atoms with E-state index in [1.165, 1.54) is 0 Å². The minimum Gasteiger partial charge on any atom is -0.353 e. The number of rotatable bonds is 2. The van der Waals surface area contributed by atoms with Gasteiger partial charge in [0.25, 0.3) is 0 Å². The molecule has 1 amide bonds. The summed E-state index contributed by atoms with van der Waals surface area (Å²) >= 11 is 5.83. The highest BCUT2D eigenvalue weighted by molar-refractivity contribution is 7.91. The molecule has 3 rings (SSSR count). The molecule has 0 unspecified atom stereocenters. The summed E-state index contributed by atoms with van der Waals surface area (Å²) in [6, 6.07) is 3.66. The van der Waals surface area contributed by atoms with Gasteiger partial charge in [-0.05, 0) is 18.6 Å². The molecular weight excluding hydrogens is 326 g/mol. The molecule has 8 heteroatoms. The minimum absolute atomic E-state index is 0.00475. The lowest BCUT2D eigenvalue weighted by Crippen LogP contribution is -2.50. The van der Waals surface area contributed by atoms with Crippen LogP contribution in [0, 0.1) is 5.92 Å². The number of nitrogens with zero attached hydrogens (tertiary/aromatic N) is 3. The molecule has 22 heavy (non-hydrogen) atoms. The Kier molecular flexibility index (Phi) is 4.27. The first-order valence-corrected chi connectivity index (χ1v) is 9.50. The highest BCUT2D eigenvalue weighted by Crippen LogP contribution is 2.22. The first-order valence-electron chi connectivity index (χ1n) is 7.30. The van der Waals surface area contributed by atoms with Crippen molar-refractivity contribution in [2.24, 2.45) is 5.92 Å². The van der Waals surface area contributed by atoms with Crippen LogP contribution in [-0.4, -0.2) is 61.9 Å². The van der Waals surface area contributed by atoms with Gasteiger partial charge in [0.2, 0.25) is 5.91 Å². The molecule has 0 aromatic carbocycles. The van der Waals surface area contributed by atoms with Crippen molar-refractivity contribution in [3.63, 3.8) is 0 Å². The van der Waals surface area contributed by atoms with Crippen molar-refractivity contribution in [1.29, 1.82) is 0 Å². The van der Waals surface area contributed by atoms with Gasteiger partial charge in [0, 0.05) is 32.4 Å². The van der Waals surface area contributed by atoms with Gasteiger partial charge in [-0.3, -0.25) is 4.79 Å². The van der Waals surface area contributed by atoms with Gasteiger partial charge in [0.1, 0.15) is 5.82 Å². The SMILES string of the molecule is O=C([C@H]1CCS(=O)(=O)C1)N1CCN(c2ccc(Cl)cn2)CC1. The van der Waals surface area contributed by atoms with Gasteiger partial charge in [0.05, 0.1) is 22.4 Å². The maximum absolute atomic E-state index is 12.4. The number of hydrogen-bond acceptors (Lipinski definition) is 5. The highest BCUT2D eigenvalue weighted by Gasteiger charge is 2.36. The number of aromatic nitrogens is 1. The van der Waals surface area contributed by atoms with Crippen LogP contribution in [0.5, 0.6) is 0 Å². The predicted molar refractivity (Wildman–Crippen MR) is 84.8 cm³/mol. The third kappa shape index (κ3) is 3.35. The van der Waals surface area contributed by atoms with Crippen LogP contribution in [0.15, 0.2) is 18.3 Å². The van der Waals surface area contributed by atoms with E-state index in [9.17, 15) is 13.2 Å². The summed E-state index contributed by atoms with van der Waals surface area (Å²) in [7, 11) is -3.02. The molecule has 120 valence electrons. The number of halogens is 1. The number of sulfone groups is 1. The molecule has 2 aliphatic rings. The maximum Gasteiger partial charge on any atom is 0.226 e. The van der Waals surface area contributed by atoms with E-state index < -0.39 is 9.84 Å². The molecular formula is C14H18ClN3O3S. The lowest BCUT2D eigenvalue weighted by atomic mass is 10.1. The standard InChI is InChI=1S/C14H18ClN3O3S/c15-12-1-2-13(16-9-12)17-4-6-18(7-5-17)14(19)11-3-8-22(20,21)10-11/h1-2,9,11H,3-8,10H2/t11-/m0/s1. The van der Waals surface area contributed by atoms with Crippen molar-refractivity contribution in [1.82, 2.24) is 9.88 Å². The van der Waals surface area contributed by atoms with Crippen LogP contribution >= 0.6 is 11.6 Å². The van der Waals surface area contributed by atoms with Crippen LogP contribution in [0.1, 0.15) is 6.42 Å². The largest absolute Gasteiger partial charge is 0.353 e. The molecule has 0 saturated carbocycles. The van der Waals surface area contributed by atoms with Crippen LogP contribution in [0.25, 0.3) is 0 Å². The number of pyridine rings is 1. The third-order valence-electron chi connectivity index (χ3n) is 4.21. The smallest absolute Gasteiger partial charge is 0.226 e. The van der Waals surface area contributed by atoms with E-state index in [-0.39, 0.29) is 23.3 Å². The van der Waals surface area contributed by atoms with Gasteiger partial charge in [0.15, 0.2) is 9.84 Å². The average Bonchev–Trinajstić information content (AvgIpc) is 2.88. The van der Waals surface area contributed by atoms with Crippen LogP contribution < -0.4 is 4.90 Å². The molecule has 1 aromatic heterocycles. The van der Waals surface area contributed by atoms with Gasteiger partial charge < -0.3 is 9.80 Å². The topological polar surface area (TPSA) is 70.6 Å². The molecule has 1 aromatic rings. The Morgan fingerprint density at radius 1 is 1.23 bits per heavy atom. The fourth-order valence-electron chi connectivity index (χ4n) is 2.96. The zero-order valence-electron chi connectivity index (χ0n) is 12.1. The van der Waals surface area contributed by atoms with Gasteiger partial charge in [-0.15, -0.1) is 0 Å². The normalized spacial score (nSPS) is 24.5. The summed E-state index contributed by atoms with van der Waals surface area (Å²) in [5.74, 6) is 0.609. The molecule has 6 nitrogen and oxygen atoms in total. The van der Waals surface area contributed by atoms with Gasteiger partial charge in [-0.1, -0.05) is 11.6 Å². The Bertz CT molecular complexity index is 654. The number of carbonyl (C=O) groups is 1. The second kappa shape index (κ2) is 6.04. The van der Waals surface area contributed by atoms with Crippen LogP contribution in [0.2, 0.25) is 5.02 Å². The summed E-state index contributed by atoms with van der Waals surface area (Å²) in [6.07, 6.45) is 2.07. The van der Waals surface area contributed by atoms with E-state index in [4.69, 9.17) is 11.6 Å². The zero-order chi connectivity index (χ0) is 15.7. The second-order valence-electron chi connectivity index (χ2n) is 5.75. The van der Waals surface area contributed by atoms with Crippen molar-refractivity contribution in [2.75, 3.05) is 42.6 Å². The molecule has 0 radical (unpaired) electrons. The fraction of sp³-hybridized carbons (Fsp3) is 0.571. The monoisotopic (exact) mass is 343 g/mol. The molecule has 3 heterocycles.